The number of rotatable bonds is 12. The molecule has 0 atom stereocenters. The second-order valence-corrected chi connectivity index (χ2v) is 13.9. The largest absolute Gasteiger partial charge is 0.459 e. The van der Waals surface area contributed by atoms with E-state index >= 15 is 0 Å². The van der Waals surface area contributed by atoms with Crippen molar-refractivity contribution in [2.24, 2.45) is 0 Å². The van der Waals surface area contributed by atoms with E-state index in [9.17, 15) is 22.8 Å². The summed E-state index contributed by atoms with van der Waals surface area (Å²) < 4.78 is 42.2. The van der Waals surface area contributed by atoms with Gasteiger partial charge >= 0.3 is 18.1 Å². The minimum absolute atomic E-state index is 0.0247. The molecule has 6 rings (SSSR count). The maximum absolute atomic E-state index is 12.2. The number of carbonyl (C=O) groups is 2. The van der Waals surface area contributed by atoms with E-state index in [1.54, 1.807) is 36.4 Å². The third-order valence-electron chi connectivity index (χ3n) is 8.76. The second-order valence-electron chi connectivity index (χ2n) is 13.9. The number of hydrogen-bond acceptors (Lipinski definition) is 12. The predicted octanol–water partition coefficient (Wildman–Crippen LogP) is 9.53. The van der Waals surface area contributed by atoms with Crippen molar-refractivity contribution in [3.8, 4) is 0 Å². The van der Waals surface area contributed by atoms with Gasteiger partial charge in [0.2, 0.25) is 0 Å². The Labute approximate surface area is 344 Å². The highest BCUT2D eigenvalue weighted by Gasteiger charge is 2.27. The zero-order chi connectivity index (χ0) is 43.2. The molecule has 0 heterocycles. The summed E-state index contributed by atoms with van der Waals surface area (Å²) in [6.45, 7) is 5.03. The zero-order valence-electron chi connectivity index (χ0n) is 33.8. The third-order valence-corrected chi connectivity index (χ3v) is 8.76. The van der Waals surface area contributed by atoms with E-state index in [2.05, 4.69) is 0 Å². The number of ether oxygens (including phenoxy) is 2. The Hall–Kier alpha value is -5.35. The van der Waals surface area contributed by atoms with Crippen LogP contribution in [0.15, 0.2) is 97.1 Å². The molecule has 0 bridgehead atoms. The van der Waals surface area contributed by atoms with Crippen LogP contribution in [0.25, 0.3) is 0 Å². The van der Waals surface area contributed by atoms with Gasteiger partial charge in [-0.25, -0.2) is 29.1 Å². The summed E-state index contributed by atoms with van der Waals surface area (Å²) in [5, 5.41) is 0. The molecule has 0 aromatic heterocycles. The van der Waals surface area contributed by atoms with Gasteiger partial charge in [0, 0.05) is 29.7 Å². The fourth-order valence-electron chi connectivity index (χ4n) is 6.07. The van der Waals surface area contributed by atoms with E-state index in [-0.39, 0.29) is 31.3 Å². The van der Waals surface area contributed by atoms with Gasteiger partial charge < -0.3 is 32.4 Å². The summed E-state index contributed by atoms with van der Waals surface area (Å²) in [7, 11) is 0. The number of alkyl halides is 3. The molecule has 322 valence electrons. The molecule has 2 saturated carbocycles. The Bertz CT molecular complexity index is 1650. The van der Waals surface area contributed by atoms with Crippen LogP contribution in [0, 0.1) is 0 Å². The maximum atomic E-state index is 12.2. The van der Waals surface area contributed by atoms with Crippen molar-refractivity contribution in [3.63, 3.8) is 0 Å². The molecule has 0 amide bonds. The first kappa shape index (κ1) is 48.0. The highest BCUT2D eigenvalue weighted by Crippen LogP contribution is 2.27. The number of carbonyl (C=O) groups excluding carboxylic acids is 2. The molecule has 0 unspecified atom stereocenters. The first-order valence-corrected chi connectivity index (χ1v) is 19.7. The summed E-state index contributed by atoms with van der Waals surface area (Å²) in [4.78, 5) is 46.1. The minimum Gasteiger partial charge on any atom is -0.459 e. The molecule has 2 fully saturated rings. The maximum Gasteiger partial charge on any atom is 0.386 e. The van der Waals surface area contributed by atoms with Gasteiger partial charge in [-0.1, -0.05) is 74.5 Å². The van der Waals surface area contributed by atoms with Gasteiger partial charge in [0.15, 0.2) is 0 Å². The Kier molecular flexibility index (Phi) is 20.5. The van der Waals surface area contributed by atoms with Crippen LogP contribution < -0.4 is 22.9 Å². The van der Waals surface area contributed by atoms with Crippen molar-refractivity contribution < 1.29 is 51.8 Å². The molecular weight excluding hydrogens is 769 g/mol. The van der Waals surface area contributed by atoms with Crippen molar-refractivity contribution in [2.75, 3.05) is 22.9 Å². The number of nitrogen functional groups attached to an aromatic ring is 4. The normalized spacial score (nSPS) is 18.6. The van der Waals surface area contributed by atoms with Gasteiger partial charge in [-0.15, -0.1) is 0 Å². The van der Waals surface area contributed by atoms with Crippen molar-refractivity contribution in [1.82, 2.24) is 0 Å². The number of halogens is 3. The molecule has 0 saturated heterocycles. The van der Waals surface area contributed by atoms with Crippen LogP contribution in [-0.4, -0.2) is 42.5 Å². The smallest absolute Gasteiger partial charge is 0.386 e. The lowest BCUT2D eigenvalue weighted by atomic mass is 9.95. The minimum atomic E-state index is -4.00. The molecule has 2 aliphatic rings. The molecule has 59 heavy (non-hydrogen) atoms. The fourth-order valence-corrected chi connectivity index (χ4v) is 6.07. The van der Waals surface area contributed by atoms with Crippen LogP contribution in [0.3, 0.4) is 0 Å². The van der Waals surface area contributed by atoms with Gasteiger partial charge in [-0.3, -0.25) is 0 Å². The van der Waals surface area contributed by atoms with Gasteiger partial charge in [0.05, 0.1) is 23.3 Å². The summed E-state index contributed by atoms with van der Waals surface area (Å²) in [6.07, 6.45) is 1.89. The SMILES string of the molecule is CC.CC(F)(F)F.Nc1cc(N)cc(C(=O)OC2CCC(OOCc3ccccc3)CC2)c1.Nc1cc(N)cc(C(=O)OC2CCC(OOCc3ccccc3)CC2)c1. The van der Waals surface area contributed by atoms with Crippen LogP contribution >= 0.6 is 0 Å². The molecule has 12 nitrogen and oxygen atoms in total. The standard InChI is InChI=1S/2C20H24N2O4.C2H3F3.C2H6/c2*21-16-10-15(11-17(22)12-16)20(23)25-18-6-8-19(9-7-18)26-24-13-14-4-2-1-3-5-14;1-2(3,4)5;1-2/h2*1-5,10-12,18-19H,6-9,13,21-22H2;1H3;1-2H3. The van der Waals surface area contributed by atoms with Gasteiger partial charge in [-0.2, -0.15) is 13.2 Å². The van der Waals surface area contributed by atoms with Gasteiger partial charge in [0.25, 0.3) is 0 Å². The van der Waals surface area contributed by atoms with E-state index in [1.165, 1.54) is 0 Å². The van der Waals surface area contributed by atoms with E-state index in [1.807, 2.05) is 74.5 Å². The molecule has 15 heteroatoms. The van der Waals surface area contributed by atoms with Crippen molar-refractivity contribution in [3.05, 3.63) is 119 Å². The molecule has 8 N–H and O–H groups in total. The average Bonchev–Trinajstić information content (AvgIpc) is 3.20. The monoisotopic (exact) mass is 826 g/mol. The fraction of sp³-hybridized carbons (Fsp3) is 0.409. The zero-order valence-corrected chi connectivity index (χ0v) is 33.8. The number of nitrogens with two attached hydrogens (primary N) is 4. The van der Waals surface area contributed by atoms with Crippen LogP contribution in [0.2, 0.25) is 0 Å². The van der Waals surface area contributed by atoms with E-state index in [0.717, 1.165) is 62.5 Å². The average molecular weight is 827 g/mol. The summed E-state index contributed by atoms with van der Waals surface area (Å²) >= 11 is 0. The molecule has 0 spiro atoms. The van der Waals surface area contributed by atoms with E-state index < -0.39 is 18.1 Å². The van der Waals surface area contributed by atoms with E-state index in [0.29, 0.717) is 47.1 Å². The Morgan fingerprint density at radius 2 is 0.797 bits per heavy atom. The summed E-state index contributed by atoms with van der Waals surface area (Å²) in [6, 6.07) is 29.2. The Balaban J connectivity index is 0.000000273. The number of hydrogen-bond donors (Lipinski definition) is 4. The predicted molar refractivity (Wildman–Crippen MR) is 221 cm³/mol. The van der Waals surface area contributed by atoms with Gasteiger partial charge in [-0.05, 0) is 98.9 Å². The molecule has 4 aromatic rings. The lowest BCUT2D eigenvalue weighted by Crippen LogP contribution is -2.28. The molecule has 0 radical (unpaired) electrons. The Morgan fingerprint density at radius 3 is 1.08 bits per heavy atom. The number of esters is 2. The van der Waals surface area contributed by atoms with Crippen molar-refractivity contribution in [2.45, 2.75) is 116 Å². The van der Waals surface area contributed by atoms with Crippen LogP contribution in [0.5, 0.6) is 0 Å². The molecular formula is C44H57F3N4O8. The first-order valence-electron chi connectivity index (χ1n) is 19.7. The molecule has 2 aliphatic carbocycles. The number of benzene rings is 4. The molecule has 4 aromatic carbocycles. The van der Waals surface area contributed by atoms with Crippen LogP contribution in [0.1, 0.15) is 104 Å². The van der Waals surface area contributed by atoms with Crippen LogP contribution in [0.4, 0.5) is 35.9 Å². The van der Waals surface area contributed by atoms with E-state index in [4.69, 9.17) is 52.0 Å². The highest BCUT2D eigenvalue weighted by molar-refractivity contribution is 5.92. The lowest BCUT2D eigenvalue weighted by Gasteiger charge is -2.27. The molecule has 0 aliphatic heterocycles. The number of anilines is 4. The summed E-state index contributed by atoms with van der Waals surface area (Å²) in [5.74, 6) is -0.789. The van der Waals surface area contributed by atoms with Crippen molar-refractivity contribution in [1.29, 1.82) is 0 Å². The third kappa shape index (κ3) is 19.8. The second kappa shape index (κ2) is 25.2. The van der Waals surface area contributed by atoms with Crippen LogP contribution in [-0.2, 0) is 42.2 Å². The highest BCUT2D eigenvalue weighted by atomic mass is 19.4. The van der Waals surface area contributed by atoms with Gasteiger partial charge in [0.1, 0.15) is 25.4 Å². The first-order chi connectivity index (χ1) is 28.2. The lowest BCUT2D eigenvalue weighted by molar-refractivity contribution is -0.338. The summed E-state index contributed by atoms with van der Waals surface area (Å²) in [5.41, 5.74) is 27.6. The quantitative estimate of drug-likeness (QED) is 0.0458. The van der Waals surface area contributed by atoms with Crippen molar-refractivity contribution >= 4 is 34.7 Å². The topological polar surface area (TPSA) is 194 Å². The Morgan fingerprint density at radius 1 is 0.525 bits per heavy atom.